The second-order valence-corrected chi connectivity index (χ2v) is 7.65. The Kier molecular flexibility index (Phi) is 5.84. The molecule has 2 aliphatic rings. The van der Waals surface area contributed by atoms with E-state index in [0.717, 1.165) is 45.1 Å². The van der Waals surface area contributed by atoms with Gasteiger partial charge in [0.2, 0.25) is 0 Å². The third-order valence-corrected chi connectivity index (χ3v) is 5.52. The molecule has 1 aliphatic heterocycles. The summed E-state index contributed by atoms with van der Waals surface area (Å²) in [6, 6.07) is 7.49. The van der Waals surface area contributed by atoms with E-state index in [1.807, 2.05) is 19.1 Å². The second kappa shape index (κ2) is 8.09. The number of hydrogen-bond acceptors (Lipinski definition) is 3. The zero-order chi connectivity index (χ0) is 17.7. The van der Waals surface area contributed by atoms with Crippen LogP contribution in [-0.2, 0) is 11.2 Å². The van der Waals surface area contributed by atoms with Gasteiger partial charge >= 0.3 is 6.03 Å². The molecule has 25 heavy (non-hydrogen) atoms. The first-order valence-corrected chi connectivity index (χ1v) is 9.54. The zero-order valence-corrected chi connectivity index (χ0v) is 15.1. The molecule has 1 saturated heterocycles. The normalized spacial score (nSPS) is 23.3. The Labute approximate surface area is 150 Å². The molecule has 0 radical (unpaired) electrons. The summed E-state index contributed by atoms with van der Waals surface area (Å²) in [5, 5.41) is 15.5. The molecule has 138 valence electrons. The van der Waals surface area contributed by atoms with Crippen molar-refractivity contribution in [2.45, 2.75) is 76.0 Å². The number of carbonyl (C=O) groups excluding carboxylic acids is 1. The van der Waals surface area contributed by atoms with Crippen LogP contribution >= 0.6 is 0 Å². The van der Waals surface area contributed by atoms with Crippen molar-refractivity contribution in [2.24, 2.45) is 0 Å². The van der Waals surface area contributed by atoms with Crippen molar-refractivity contribution in [3.05, 3.63) is 29.8 Å². The van der Waals surface area contributed by atoms with E-state index in [2.05, 4.69) is 10.6 Å². The number of urea groups is 1. The fraction of sp³-hybridized carbons (Fsp3) is 0.650. The molecule has 1 aromatic carbocycles. The largest absolute Gasteiger partial charge is 0.508 e. The lowest BCUT2D eigenvalue weighted by Gasteiger charge is -2.38. The maximum atomic E-state index is 12.3. The Balaban J connectivity index is 1.40. The van der Waals surface area contributed by atoms with Crippen molar-refractivity contribution >= 4 is 6.03 Å². The van der Waals surface area contributed by atoms with Crippen LogP contribution in [0.25, 0.3) is 0 Å². The molecule has 1 aliphatic carbocycles. The van der Waals surface area contributed by atoms with Gasteiger partial charge in [-0.15, -0.1) is 0 Å². The van der Waals surface area contributed by atoms with Crippen molar-refractivity contribution in [1.29, 1.82) is 0 Å². The number of ether oxygens (including phenoxy) is 1. The lowest BCUT2D eigenvalue weighted by atomic mass is 9.89. The molecule has 5 nitrogen and oxygen atoms in total. The van der Waals surface area contributed by atoms with Crippen LogP contribution in [-0.4, -0.2) is 35.4 Å². The maximum absolute atomic E-state index is 12.3. The van der Waals surface area contributed by atoms with Crippen molar-refractivity contribution < 1.29 is 14.6 Å². The summed E-state index contributed by atoms with van der Waals surface area (Å²) in [6.45, 7) is 2.78. The molecular weight excluding hydrogens is 316 g/mol. The van der Waals surface area contributed by atoms with E-state index in [1.54, 1.807) is 12.1 Å². The first kappa shape index (κ1) is 18.1. The van der Waals surface area contributed by atoms with Crippen LogP contribution in [0.1, 0.15) is 57.4 Å². The number of carbonyl (C=O) groups is 1. The molecule has 3 N–H and O–H groups in total. The van der Waals surface area contributed by atoms with Crippen LogP contribution in [0.15, 0.2) is 24.3 Å². The molecule has 1 spiro atoms. The molecule has 1 aromatic rings. The van der Waals surface area contributed by atoms with Crippen LogP contribution in [0, 0.1) is 0 Å². The molecule has 2 fully saturated rings. The minimum Gasteiger partial charge on any atom is -0.508 e. The Hall–Kier alpha value is -1.75. The number of hydrogen-bond donors (Lipinski definition) is 3. The zero-order valence-electron chi connectivity index (χ0n) is 15.1. The number of nitrogens with one attached hydrogen (secondary N) is 2. The average Bonchev–Trinajstić information content (AvgIpc) is 3.02. The lowest BCUT2D eigenvalue weighted by molar-refractivity contribution is -0.0820. The van der Waals surface area contributed by atoms with E-state index in [0.29, 0.717) is 0 Å². The monoisotopic (exact) mass is 346 g/mol. The predicted molar refractivity (Wildman–Crippen MR) is 97.7 cm³/mol. The van der Waals surface area contributed by atoms with Gasteiger partial charge in [-0.1, -0.05) is 25.0 Å². The number of rotatable bonds is 5. The van der Waals surface area contributed by atoms with Gasteiger partial charge in [0, 0.05) is 18.7 Å². The van der Waals surface area contributed by atoms with Gasteiger partial charge in [0.25, 0.3) is 0 Å². The molecule has 0 aromatic heterocycles. The lowest BCUT2D eigenvalue weighted by Crippen LogP contribution is -2.51. The summed E-state index contributed by atoms with van der Waals surface area (Å²) in [5.74, 6) is 0.283. The topological polar surface area (TPSA) is 70.6 Å². The number of amides is 2. The van der Waals surface area contributed by atoms with E-state index in [-0.39, 0.29) is 29.5 Å². The van der Waals surface area contributed by atoms with Crippen molar-refractivity contribution in [3.8, 4) is 5.75 Å². The molecule has 1 heterocycles. The van der Waals surface area contributed by atoms with E-state index >= 15 is 0 Å². The molecular formula is C20H30N2O3. The van der Waals surface area contributed by atoms with Crippen molar-refractivity contribution in [1.82, 2.24) is 10.6 Å². The van der Waals surface area contributed by atoms with Gasteiger partial charge in [-0.25, -0.2) is 4.79 Å². The van der Waals surface area contributed by atoms with Gasteiger partial charge in [-0.3, -0.25) is 0 Å². The minimum atomic E-state index is -0.0711. The standard InChI is InChI=1S/C20H30N2O3/c1-15(4-5-16-6-8-18(23)9-7-16)21-19(24)22-17-10-13-25-20(14-17)11-2-3-12-20/h6-9,15,17,23H,2-5,10-14H2,1H3,(H2,21,22,24). The van der Waals surface area contributed by atoms with Crippen molar-refractivity contribution in [3.63, 3.8) is 0 Å². The minimum absolute atomic E-state index is 0.0285. The van der Waals surface area contributed by atoms with Gasteiger partial charge in [0.15, 0.2) is 0 Å². The molecule has 2 atom stereocenters. The fourth-order valence-corrected chi connectivity index (χ4v) is 4.09. The molecule has 0 bridgehead atoms. The third kappa shape index (κ3) is 5.11. The third-order valence-electron chi connectivity index (χ3n) is 5.52. The van der Waals surface area contributed by atoms with Gasteiger partial charge in [-0.05, 0) is 63.1 Å². The van der Waals surface area contributed by atoms with Gasteiger partial charge < -0.3 is 20.5 Å². The number of aryl methyl sites for hydroxylation is 1. The average molecular weight is 346 g/mol. The van der Waals surface area contributed by atoms with Gasteiger partial charge in [-0.2, -0.15) is 0 Å². The van der Waals surface area contributed by atoms with E-state index in [4.69, 9.17) is 4.74 Å². The van der Waals surface area contributed by atoms with E-state index < -0.39 is 0 Å². The smallest absolute Gasteiger partial charge is 0.315 e. The number of phenols is 1. The summed E-state index contributed by atoms with van der Waals surface area (Å²) in [6.07, 6.45) is 8.35. The Morgan fingerprint density at radius 1 is 1.32 bits per heavy atom. The molecule has 1 saturated carbocycles. The van der Waals surface area contributed by atoms with Gasteiger partial charge in [0.05, 0.1) is 5.60 Å². The van der Waals surface area contributed by atoms with Crippen LogP contribution in [0.3, 0.4) is 0 Å². The summed E-state index contributed by atoms with van der Waals surface area (Å²) in [7, 11) is 0. The highest BCUT2D eigenvalue weighted by Crippen LogP contribution is 2.39. The maximum Gasteiger partial charge on any atom is 0.315 e. The number of aromatic hydroxyl groups is 1. The highest BCUT2D eigenvalue weighted by atomic mass is 16.5. The molecule has 2 unspecified atom stereocenters. The van der Waals surface area contributed by atoms with Crippen LogP contribution in [0.5, 0.6) is 5.75 Å². The van der Waals surface area contributed by atoms with Crippen LogP contribution in [0.2, 0.25) is 0 Å². The first-order chi connectivity index (χ1) is 12.0. The second-order valence-electron chi connectivity index (χ2n) is 7.65. The summed E-state index contributed by atoms with van der Waals surface area (Å²) in [4.78, 5) is 12.3. The highest BCUT2D eigenvalue weighted by molar-refractivity contribution is 5.74. The Morgan fingerprint density at radius 2 is 2.04 bits per heavy atom. The van der Waals surface area contributed by atoms with Crippen LogP contribution < -0.4 is 10.6 Å². The summed E-state index contributed by atoms with van der Waals surface area (Å²) in [5.41, 5.74) is 1.19. The summed E-state index contributed by atoms with van der Waals surface area (Å²) >= 11 is 0. The quantitative estimate of drug-likeness (QED) is 0.764. The van der Waals surface area contributed by atoms with Crippen molar-refractivity contribution in [2.75, 3.05) is 6.61 Å². The van der Waals surface area contributed by atoms with Crippen LogP contribution in [0.4, 0.5) is 4.79 Å². The first-order valence-electron chi connectivity index (χ1n) is 9.54. The number of benzene rings is 1. The highest BCUT2D eigenvalue weighted by Gasteiger charge is 2.40. The predicted octanol–water partition coefficient (Wildman–Crippen LogP) is 3.50. The SMILES string of the molecule is CC(CCc1ccc(O)cc1)NC(=O)NC1CCOC2(CCCC2)C1. The molecule has 3 rings (SSSR count). The van der Waals surface area contributed by atoms with E-state index in [1.165, 1.54) is 18.4 Å². The Morgan fingerprint density at radius 3 is 2.76 bits per heavy atom. The molecule has 2 amide bonds. The number of phenolic OH excluding ortho intramolecular Hbond substituents is 1. The summed E-state index contributed by atoms with van der Waals surface area (Å²) < 4.78 is 6.03. The Bertz CT molecular complexity index is 567. The molecule has 5 heteroatoms. The van der Waals surface area contributed by atoms with E-state index in [9.17, 15) is 9.90 Å². The van der Waals surface area contributed by atoms with Gasteiger partial charge in [0.1, 0.15) is 5.75 Å². The fourth-order valence-electron chi connectivity index (χ4n) is 4.09.